The van der Waals surface area contributed by atoms with Crippen LogP contribution in [-0.2, 0) is 0 Å². The topological polar surface area (TPSA) is 39.7 Å². The second-order valence-electron chi connectivity index (χ2n) is 6.04. The Labute approximate surface area is 147 Å². The van der Waals surface area contributed by atoms with Crippen LogP contribution in [0.25, 0.3) is 11.1 Å². The predicted molar refractivity (Wildman–Crippen MR) is 98.8 cm³/mol. The van der Waals surface area contributed by atoms with Gasteiger partial charge >= 0.3 is 0 Å². The molecule has 3 rings (SSSR count). The molecule has 0 aromatic heterocycles. The van der Waals surface area contributed by atoms with Crippen LogP contribution in [0.4, 0.5) is 0 Å². The molecule has 0 saturated carbocycles. The summed E-state index contributed by atoms with van der Waals surface area (Å²) in [5, 5.41) is 0.568. The highest BCUT2D eigenvalue weighted by Gasteiger charge is 2.14. The Morgan fingerprint density at radius 1 is 1.00 bits per heavy atom. The minimum Gasteiger partial charge on any atom is -0.489 e. The van der Waals surface area contributed by atoms with Gasteiger partial charge in [-0.2, -0.15) is 0 Å². The van der Waals surface area contributed by atoms with Gasteiger partial charge in [-0.25, -0.2) is 0 Å². The molecule has 2 aromatic rings. The number of nitrogens with one attached hydrogen (secondary N) is 1. The van der Waals surface area contributed by atoms with Crippen molar-refractivity contribution in [3.8, 4) is 28.4 Å². The van der Waals surface area contributed by atoms with Gasteiger partial charge in [0.1, 0.15) is 11.9 Å². The van der Waals surface area contributed by atoms with Gasteiger partial charge in [0.05, 0.1) is 0 Å². The number of rotatable bonds is 7. The number of ether oxygens (including phenoxy) is 3. The quantitative estimate of drug-likeness (QED) is 0.748. The molecule has 1 unspecified atom stereocenters. The molecule has 2 aromatic carbocycles. The van der Waals surface area contributed by atoms with Crippen LogP contribution >= 0.6 is 11.9 Å². The number of fused-ring (bicyclic) bond motifs is 1. The summed E-state index contributed by atoms with van der Waals surface area (Å²) in [6.45, 7) is 7.51. The lowest BCUT2D eigenvalue weighted by Gasteiger charge is -2.16. The van der Waals surface area contributed by atoms with Crippen molar-refractivity contribution in [2.24, 2.45) is 0 Å². The van der Waals surface area contributed by atoms with E-state index >= 15 is 0 Å². The molecule has 0 bridgehead atoms. The van der Waals surface area contributed by atoms with Crippen molar-refractivity contribution in [1.29, 1.82) is 0 Å². The van der Waals surface area contributed by atoms with Crippen LogP contribution in [0.5, 0.6) is 17.2 Å². The van der Waals surface area contributed by atoms with Gasteiger partial charge in [0.15, 0.2) is 11.5 Å². The summed E-state index contributed by atoms with van der Waals surface area (Å²) < 4.78 is 20.1. The van der Waals surface area contributed by atoms with E-state index in [1.807, 2.05) is 30.3 Å². The SMILES string of the molecule is CC(CNSC(C)C)Oc1ccc(-c2ccc3c(c2)OCO3)cc1. The number of hydrogen-bond donors (Lipinski definition) is 1. The van der Waals surface area contributed by atoms with Crippen LogP contribution in [0.2, 0.25) is 0 Å². The van der Waals surface area contributed by atoms with E-state index in [1.165, 1.54) is 0 Å². The molecular formula is C19H23NO3S. The zero-order valence-electron chi connectivity index (χ0n) is 14.2. The Bertz CT molecular complexity index is 673. The summed E-state index contributed by atoms with van der Waals surface area (Å²) in [5.74, 6) is 2.48. The zero-order chi connectivity index (χ0) is 16.9. The molecule has 1 atom stereocenters. The van der Waals surface area contributed by atoms with Gasteiger partial charge in [0.2, 0.25) is 6.79 Å². The van der Waals surface area contributed by atoms with Crippen LogP contribution in [0.3, 0.4) is 0 Å². The van der Waals surface area contributed by atoms with Crippen molar-refractivity contribution in [3.63, 3.8) is 0 Å². The van der Waals surface area contributed by atoms with Gasteiger partial charge < -0.3 is 14.2 Å². The molecule has 0 saturated heterocycles. The van der Waals surface area contributed by atoms with Gasteiger partial charge in [-0.1, -0.05) is 44.0 Å². The number of benzene rings is 2. The van der Waals surface area contributed by atoms with Crippen molar-refractivity contribution < 1.29 is 14.2 Å². The van der Waals surface area contributed by atoms with Gasteiger partial charge in [-0.05, 0) is 42.3 Å². The zero-order valence-corrected chi connectivity index (χ0v) is 15.1. The van der Waals surface area contributed by atoms with Crippen LogP contribution in [0.1, 0.15) is 20.8 Å². The second kappa shape index (κ2) is 7.81. The summed E-state index contributed by atoms with van der Waals surface area (Å²) in [6.07, 6.45) is 0.118. The first-order chi connectivity index (χ1) is 11.6. The average Bonchev–Trinajstić information content (AvgIpc) is 3.02. The summed E-state index contributed by atoms with van der Waals surface area (Å²) >= 11 is 1.73. The predicted octanol–water partition coefficient (Wildman–Crippen LogP) is 4.50. The monoisotopic (exact) mass is 345 g/mol. The highest BCUT2D eigenvalue weighted by atomic mass is 32.2. The van der Waals surface area contributed by atoms with E-state index in [1.54, 1.807) is 11.9 Å². The van der Waals surface area contributed by atoms with Crippen molar-refractivity contribution >= 4 is 11.9 Å². The van der Waals surface area contributed by atoms with Crippen molar-refractivity contribution in [3.05, 3.63) is 42.5 Å². The fourth-order valence-corrected chi connectivity index (χ4v) is 3.07. The third-order valence-corrected chi connectivity index (χ3v) is 4.39. The Balaban J connectivity index is 1.59. The summed E-state index contributed by atoms with van der Waals surface area (Å²) in [7, 11) is 0. The highest BCUT2D eigenvalue weighted by molar-refractivity contribution is 7.97. The highest BCUT2D eigenvalue weighted by Crippen LogP contribution is 2.36. The third kappa shape index (κ3) is 4.36. The van der Waals surface area contributed by atoms with E-state index in [9.17, 15) is 0 Å². The molecule has 128 valence electrons. The lowest BCUT2D eigenvalue weighted by atomic mass is 10.1. The van der Waals surface area contributed by atoms with E-state index in [0.717, 1.165) is 34.9 Å². The largest absolute Gasteiger partial charge is 0.489 e. The third-order valence-electron chi connectivity index (χ3n) is 3.59. The normalized spacial score (nSPS) is 14.0. The second-order valence-corrected chi connectivity index (χ2v) is 7.50. The molecular weight excluding hydrogens is 322 g/mol. The molecule has 1 heterocycles. The Morgan fingerprint density at radius 2 is 1.71 bits per heavy atom. The fourth-order valence-electron chi connectivity index (χ4n) is 2.41. The van der Waals surface area contributed by atoms with Gasteiger partial charge in [0, 0.05) is 11.8 Å². The Morgan fingerprint density at radius 3 is 2.46 bits per heavy atom. The van der Waals surface area contributed by atoms with E-state index in [2.05, 4.69) is 37.6 Å². The van der Waals surface area contributed by atoms with Gasteiger partial charge in [0.25, 0.3) is 0 Å². The Hall–Kier alpha value is -1.85. The lowest BCUT2D eigenvalue weighted by Crippen LogP contribution is -2.25. The molecule has 0 radical (unpaired) electrons. The fraction of sp³-hybridized carbons (Fsp3) is 0.368. The van der Waals surface area contributed by atoms with Crippen molar-refractivity contribution in [1.82, 2.24) is 4.72 Å². The van der Waals surface area contributed by atoms with Gasteiger partial charge in [-0.3, -0.25) is 4.72 Å². The van der Waals surface area contributed by atoms with Crippen molar-refractivity contribution in [2.45, 2.75) is 32.1 Å². The average molecular weight is 345 g/mol. The maximum Gasteiger partial charge on any atom is 0.231 e. The van der Waals surface area contributed by atoms with Gasteiger partial charge in [-0.15, -0.1) is 0 Å². The van der Waals surface area contributed by atoms with Crippen LogP contribution in [0.15, 0.2) is 42.5 Å². The first-order valence-electron chi connectivity index (χ1n) is 8.17. The van der Waals surface area contributed by atoms with E-state index < -0.39 is 0 Å². The molecule has 24 heavy (non-hydrogen) atoms. The molecule has 4 nitrogen and oxygen atoms in total. The van der Waals surface area contributed by atoms with Crippen molar-refractivity contribution in [2.75, 3.05) is 13.3 Å². The molecule has 1 aliphatic rings. The van der Waals surface area contributed by atoms with Crippen LogP contribution in [0, 0.1) is 0 Å². The summed E-state index contributed by atoms with van der Waals surface area (Å²) in [4.78, 5) is 0. The summed E-state index contributed by atoms with van der Waals surface area (Å²) in [6, 6.07) is 14.1. The molecule has 5 heteroatoms. The first kappa shape index (κ1) is 17.0. The maximum absolute atomic E-state index is 5.94. The molecule has 1 N–H and O–H groups in total. The van der Waals surface area contributed by atoms with Crippen LogP contribution < -0.4 is 18.9 Å². The van der Waals surface area contributed by atoms with Crippen LogP contribution in [-0.4, -0.2) is 24.7 Å². The molecule has 0 amide bonds. The van der Waals surface area contributed by atoms with E-state index in [-0.39, 0.29) is 6.10 Å². The Kier molecular flexibility index (Phi) is 5.53. The molecule has 1 aliphatic heterocycles. The minimum atomic E-state index is 0.118. The summed E-state index contributed by atoms with van der Waals surface area (Å²) in [5.41, 5.74) is 2.23. The smallest absolute Gasteiger partial charge is 0.231 e. The molecule has 0 spiro atoms. The lowest BCUT2D eigenvalue weighted by molar-refractivity contribution is 0.174. The first-order valence-corrected chi connectivity index (χ1v) is 9.05. The molecule has 0 fully saturated rings. The number of hydrogen-bond acceptors (Lipinski definition) is 5. The standard InChI is InChI=1S/C19H23NO3S/c1-13(2)24-20-11-14(3)23-17-7-4-15(5-8-17)16-6-9-18-19(10-16)22-12-21-18/h4-10,13-14,20H,11-12H2,1-3H3. The van der Waals surface area contributed by atoms with E-state index in [0.29, 0.717) is 12.0 Å². The minimum absolute atomic E-state index is 0.118. The maximum atomic E-state index is 5.94. The molecule has 0 aliphatic carbocycles. The van der Waals surface area contributed by atoms with E-state index in [4.69, 9.17) is 14.2 Å².